The van der Waals surface area contributed by atoms with Crippen LogP contribution in [0.5, 0.6) is 0 Å². The largest absolute Gasteiger partial charge is 0.456 e. The van der Waals surface area contributed by atoms with Gasteiger partial charge in [-0.05, 0) is 77.8 Å². The van der Waals surface area contributed by atoms with Gasteiger partial charge in [0.25, 0.3) is 0 Å². The molecule has 0 spiro atoms. The molecule has 2 nitrogen and oxygen atoms in total. The average Bonchev–Trinajstić information content (AvgIpc) is 3.38. The molecule has 3 heterocycles. The van der Waals surface area contributed by atoms with Gasteiger partial charge in [0.2, 0.25) is 0 Å². The Hall–Kier alpha value is -3.43. The quantitative estimate of drug-likeness (QED) is 0.232. The highest BCUT2D eigenvalue weighted by molar-refractivity contribution is 7.19. The number of hydrogen-bond acceptors (Lipinski definition) is 3. The van der Waals surface area contributed by atoms with Gasteiger partial charge in [-0.15, -0.1) is 11.3 Å². The fraction of sp³-hybridized carbons (Fsp3) is 0.286. The Labute approximate surface area is 229 Å². The first kappa shape index (κ1) is 24.9. The lowest BCUT2D eigenvalue weighted by atomic mass is 9.82. The van der Waals surface area contributed by atoms with Crippen LogP contribution < -0.4 is 0 Å². The van der Waals surface area contributed by atoms with Crippen molar-refractivity contribution in [1.29, 1.82) is 0 Å². The predicted molar refractivity (Wildman–Crippen MR) is 164 cm³/mol. The number of hydrogen-bond donors (Lipinski definition) is 0. The number of fused-ring (bicyclic) bond motifs is 3. The molecular formula is C35H35NOS. The van der Waals surface area contributed by atoms with Crippen LogP contribution >= 0.6 is 11.3 Å². The fourth-order valence-electron chi connectivity index (χ4n) is 5.91. The van der Waals surface area contributed by atoms with Crippen LogP contribution in [0, 0.1) is 19.8 Å². The lowest BCUT2D eigenvalue weighted by Gasteiger charge is -2.22. The minimum atomic E-state index is 0.0133. The van der Waals surface area contributed by atoms with Crippen LogP contribution in [0.3, 0.4) is 0 Å². The average molecular weight is 518 g/mol. The lowest BCUT2D eigenvalue weighted by Crippen LogP contribution is -2.12. The van der Waals surface area contributed by atoms with Gasteiger partial charge in [-0.1, -0.05) is 71.0 Å². The molecule has 0 bridgehead atoms. The molecule has 192 valence electrons. The van der Waals surface area contributed by atoms with E-state index in [0.29, 0.717) is 5.92 Å². The van der Waals surface area contributed by atoms with E-state index in [4.69, 9.17) is 9.40 Å². The molecule has 3 aromatic carbocycles. The first-order chi connectivity index (χ1) is 18.1. The molecule has 0 N–H and O–H groups in total. The molecule has 0 radical (unpaired) electrons. The van der Waals surface area contributed by atoms with Gasteiger partial charge in [-0.2, -0.15) is 0 Å². The second-order valence-electron chi connectivity index (χ2n) is 12.0. The predicted octanol–water partition coefficient (Wildman–Crippen LogP) is 10.6. The van der Waals surface area contributed by atoms with E-state index < -0.39 is 0 Å². The maximum Gasteiger partial charge on any atom is 0.139 e. The number of furan rings is 1. The molecule has 0 saturated carbocycles. The highest BCUT2D eigenvalue weighted by Gasteiger charge is 2.23. The van der Waals surface area contributed by atoms with E-state index in [0.717, 1.165) is 40.0 Å². The van der Waals surface area contributed by atoms with Gasteiger partial charge < -0.3 is 4.42 Å². The topological polar surface area (TPSA) is 26.0 Å². The number of aryl methyl sites for hydroxylation is 2. The fourth-order valence-corrected chi connectivity index (χ4v) is 7.03. The summed E-state index contributed by atoms with van der Waals surface area (Å²) >= 11 is 1.89. The van der Waals surface area contributed by atoms with Crippen molar-refractivity contribution in [2.75, 3.05) is 0 Å². The minimum Gasteiger partial charge on any atom is -0.456 e. The Morgan fingerprint density at radius 2 is 1.71 bits per heavy atom. The zero-order valence-electron chi connectivity index (χ0n) is 23.4. The minimum absolute atomic E-state index is 0.0133. The van der Waals surface area contributed by atoms with Crippen molar-refractivity contribution >= 4 is 43.2 Å². The van der Waals surface area contributed by atoms with E-state index in [1.54, 1.807) is 0 Å². The monoisotopic (exact) mass is 517 g/mol. The number of aromatic nitrogens is 1. The smallest absolute Gasteiger partial charge is 0.139 e. The summed E-state index contributed by atoms with van der Waals surface area (Å²) in [5.74, 6) is 1.55. The highest BCUT2D eigenvalue weighted by Crippen LogP contribution is 2.44. The molecule has 3 heteroatoms. The molecule has 6 rings (SSSR count). The van der Waals surface area contributed by atoms with Crippen LogP contribution in [0.4, 0.5) is 0 Å². The van der Waals surface area contributed by atoms with Crippen molar-refractivity contribution in [2.45, 2.75) is 60.3 Å². The van der Waals surface area contributed by atoms with Crippen molar-refractivity contribution in [3.8, 4) is 22.6 Å². The van der Waals surface area contributed by atoms with Gasteiger partial charge in [-0.25, -0.2) is 0 Å². The van der Waals surface area contributed by atoms with Crippen molar-refractivity contribution in [1.82, 2.24) is 4.98 Å². The summed E-state index contributed by atoms with van der Waals surface area (Å²) < 4.78 is 8.01. The first-order valence-corrected chi connectivity index (χ1v) is 14.4. The zero-order valence-corrected chi connectivity index (χ0v) is 24.2. The van der Waals surface area contributed by atoms with Crippen molar-refractivity contribution < 1.29 is 4.42 Å². The summed E-state index contributed by atoms with van der Waals surface area (Å²) in [6.07, 6.45) is 2.96. The summed E-state index contributed by atoms with van der Waals surface area (Å²) in [7, 11) is 0. The summed E-state index contributed by atoms with van der Waals surface area (Å²) in [6.45, 7) is 15.9. The second kappa shape index (κ2) is 9.10. The number of pyridine rings is 1. The molecule has 0 aliphatic heterocycles. The van der Waals surface area contributed by atoms with E-state index in [1.165, 1.54) is 42.4 Å². The van der Waals surface area contributed by atoms with E-state index in [2.05, 4.69) is 103 Å². The Bertz CT molecular complexity index is 1830. The highest BCUT2D eigenvalue weighted by atomic mass is 32.1. The van der Waals surface area contributed by atoms with Crippen LogP contribution in [0.25, 0.3) is 54.4 Å². The Balaban J connectivity index is 1.62. The van der Waals surface area contributed by atoms with Gasteiger partial charge in [0.15, 0.2) is 0 Å². The van der Waals surface area contributed by atoms with E-state index in [1.807, 2.05) is 23.6 Å². The molecule has 0 fully saturated rings. The van der Waals surface area contributed by atoms with Crippen LogP contribution in [0.15, 0.2) is 71.3 Å². The molecular weight excluding hydrogens is 482 g/mol. The molecule has 0 aliphatic carbocycles. The number of thiophene rings is 1. The zero-order chi connectivity index (χ0) is 26.8. The molecule has 0 amide bonds. The third-order valence-corrected chi connectivity index (χ3v) is 8.77. The molecule has 0 unspecified atom stereocenters. The van der Waals surface area contributed by atoms with E-state index in [-0.39, 0.29) is 5.41 Å². The summed E-state index contributed by atoms with van der Waals surface area (Å²) in [5, 5.41) is 5.00. The standard InChI is InChI=1S/C35H35NOS/c1-20(2)17-27-22(4)38-30-14-10-13-26(32(27)30)34-21(3)31-29(37-34)15-16-36-33(31)24-18-23-11-8-9-12-25(23)28(19-24)35(5,6)7/h8-16,18-20H,17H2,1-7H3. The van der Waals surface area contributed by atoms with Gasteiger partial charge in [0.05, 0.1) is 11.1 Å². The Kier molecular flexibility index (Phi) is 5.96. The van der Waals surface area contributed by atoms with Gasteiger partial charge in [0, 0.05) is 37.9 Å². The van der Waals surface area contributed by atoms with Crippen LogP contribution in [0.1, 0.15) is 56.2 Å². The van der Waals surface area contributed by atoms with Crippen LogP contribution in [0.2, 0.25) is 0 Å². The lowest BCUT2D eigenvalue weighted by molar-refractivity contribution is 0.596. The Morgan fingerprint density at radius 1 is 0.921 bits per heavy atom. The van der Waals surface area contributed by atoms with Crippen LogP contribution in [-0.4, -0.2) is 4.98 Å². The number of nitrogens with zero attached hydrogens (tertiary/aromatic N) is 1. The third-order valence-electron chi connectivity index (χ3n) is 7.66. The maximum atomic E-state index is 6.67. The molecule has 38 heavy (non-hydrogen) atoms. The van der Waals surface area contributed by atoms with Gasteiger partial charge in [0.1, 0.15) is 11.3 Å². The second-order valence-corrected chi connectivity index (χ2v) is 13.3. The number of benzene rings is 3. The molecule has 0 saturated heterocycles. The van der Waals surface area contributed by atoms with Crippen molar-refractivity contribution in [3.05, 3.63) is 88.4 Å². The molecule has 3 aromatic heterocycles. The Morgan fingerprint density at radius 3 is 2.47 bits per heavy atom. The number of rotatable bonds is 4. The maximum absolute atomic E-state index is 6.67. The SMILES string of the molecule is Cc1sc2cccc(-c3oc4ccnc(-c5cc(C(C)(C)C)c6ccccc6c5)c4c3C)c2c1CC(C)C. The van der Waals surface area contributed by atoms with E-state index in [9.17, 15) is 0 Å². The third kappa shape index (κ3) is 4.05. The summed E-state index contributed by atoms with van der Waals surface area (Å²) in [6, 6.07) is 21.9. The van der Waals surface area contributed by atoms with E-state index >= 15 is 0 Å². The normalized spacial score (nSPS) is 12.4. The molecule has 0 aliphatic rings. The summed E-state index contributed by atoms with van der Waals surface area (Å²) in [5.41, 5.74) is 8.17. The first-order valence-electron chi connectivity index (χ1n) is 13.6. The van der Waals surface area contributed by atoms with Crippen molar-refractivity contribution in [3.63, 3.8) is 0 Å². The van der Waals surface area contributed by atoms with Gasteiger partial charge >= 0.3 is 0 Å². The summed E-state index contributed by atoms with van der Waals surface area (Å²) in [4.78, 5) is 6.35. The van der Waals surface area contributed by atoms with Crippen molar-refractivity contribution in [2.24, 2.45) is 5.92 Å². The molecule has 6 aromatic rings. The molecule has 0 atom stereocenters. The van der Waals surface area contributed by atoms with Gasteiger partial charge in [-0.3, -0.25) is 4.98 Å². The van der Waals surface area contributed by atoms with Crippen LogP contribution in [-0.2, 0) is 11.8 Å².